The molecule has 4 heteroatoms. The molecule has 0 aromatic carbocycles. The fourth-order valence-electron chi connectivity index (χ4n) is 2.07. The van der Waals surface area contributed by atoms with E-state index in [1.54, 1.807) is 0 Å². The highest BCUT2D eigenvalue weighted by molar-refractivity contribution is 5.63. The molecule has 0 fully saturated rings. The first-order valence-electron chi connectivity index (χ1n) is 8.14. The molecule has 0 rings (SSSR count). The molecule has 122 valence electrons. The predicted molar refractivity (Wildman–Crippen MR) is 82.4 cm³/mol. The van der Waals surface area contributed by atoms with Crippen molar-refractivity contribution < 1.29 is 19.1 Å². The SMILES string of the molecule is CCCCCC(=O)[O-].CCOCC[N+](CC)(CC)CC. The Morgan fingerprint density at radius 3 is 1.90 bits per heavy atom. The lowest BCUT2D eigenvalue weighted by atomic mass is 10.2. The first kappa shape index (κ1) is 21.7. The molecule has 0 heterocycles. The zero-order valence-corrected chi connectivity index (χ0v) is 14.2. The van der Waals surface area contributed by atoms with Crippen LogP contribution in [0.4, 0.5) is 0 Å². The molecule has 0 radical (unpaired) electrons. The van der Waals surface area contributed by atoms with Gasteiger partial charge in [0.05, 0.1) is 26.2 Å². The van der Waals surface area contributed by atoms with Crippen LogP contribution >= 0.6 is 0 Å². The van der Waals surface area contributed by atoms with Gasteiger partial charge in [-0.15, -0.1) is 0 Å². The molecule has 0 amide bonds. The third-order valence-corrected chi connectivity index (χ3v) is 3.91. The van der Waals surface area contributed by atoms with Gasteiger partial charge in [-0.25, -0.2) is 0 Å². The normalized spacial score (nSPS) is 10.8. The lowest BCUT2D eigenvalue weighted by Gasteiger charge is -2.35. The van der Waals surface area contributed by atoms with Crippen molar-refractivity contribution in [2.75, 3.05) is 39.4 Å². The van der Waals surface area contributed by atoms with E-state index in [1.807, 2.05) is 6.92 Å². The van der Waals surface area contributed by atoms with Gasteiger partial charge in [-0.05, 0) is 40.5 Å². The van der Waals surface area contributed by atoms with Crippen molar-refractivity contribution in [3.8, 4) is 0 Å². The monoisotopic (exact) mass is 289 g/mol. The van der Waals surface area contributed by atoms with E-state index in [9.17, 15) is 9.90 Å². The maximum atomic E-state index is 9.76. The van der Waals surface area contributed by atoms with Gasteiger partial charge in [-0.3, -0.25) is 0 Å². The number of rotatable bonds is 11. The van der Waals surface area contributed by atoms with Crippen molar-refractivity contribution in [1.82, 2.24) is 0 Å². The van der Waals surface area contributed by atoms with E-state index in [1.165, 1.54) is 24.1 Å². The van der Waals surface area contributed by atoms with Gasteiger partial charge >= 0.3 is 0 Å². The molecule has 0 unspecified atom stereocenters. The van der Waals surface area contributed by atoms with Crippen LogP contribution in [0.1, 0.15) is 60.3 Å². The number of ether oxygens (including phenoxy) is 1. The molecule has 0 saturated heterocycles. The summed E-state index contributed by atoms with van der Waals surface area (Å²) >= 11 is 0. The second-order valence-electron chi connectivity index (χ2n) is 5.04. The molecule has 4 nitrogen and oxygen atoms in total. The van der Waals surface area contributed by atoms with Crippen molar-refractivity contribution >= 4 is 5.97 Å². The van der Waals surface area contributed by atoms with Crippen molar-refractivity contribution in [1.29, 1.82) is 0 Å². The number of likely N-dealkylation sites (N-methyl/N-ethyl adjacent to an activating group) is 1. The van der Waals surface area contributed by atoms with E-state index in [0.717, 1.165) is 39.0 Å². The minimum atomic E-state index is -0.932. The van der Waals surface area contributed by atoms with Crippen LogP contribution in [0.2, 0.25) is 0 Å². The Morgan fingerprint density at radius 2 is 1.55 bits per heavy atom. The smallest absolute Gasteiger partial charge is 0.102 e. The maximum absolute atomic E-state index is 9.76. The predicted octanol–water partition coefficient (Wildman–Crippen LogP) is 2.22. The van der Waals surface area contributed by atoms with E-state index in [-0.39, 0.29) is 6.42 Å². The van der Waals surface area contributed by atoms with Gasteiger partial charge < -0.3 is 19.1 Å². The number of hydrogen-bond donors (Lipinski definition) is 0. The lowest BCUT2D eigenvalue weighted by Crippen LogP contribution is -2.49. The van der Waals surface area contributed by atoms with E-state index in [0.29, 0.717) is 0 Å². The fourth-order valence-corrected chi connectivity index (χ4v) is 2.07. The molecule has 0 aliphatic rings. The molecule has 0 bridgehead atoms. The molecular formula is C16H35NO3. The number of nitrogens with zero attached hydrogens (tertiary/aromatic N) is 1. The molecule has 20 heavy (non-hydrogen) atoms. The van der Waals surface area contributed by atoms with Gasteiger partial charge in [0.2, 0.25) is 0 Å². The van der Waals surface area contributed by atoms with E-state index in [2.05, 4.69) is 27.7 Å². The summed E-state index contributed by atoms with van der Waals surface area (Å²) < 4.78 is 6.57. The average Bonchev–Trinajstić information content (AvgIpc) is 2.45. The Kier molecular flexibility index (Phi) is 16.0. The zero-order valence-electron chi connectivity index (χ0n) is 14.2. The molecule has 0 saturated carbocycles. The highest BCUT2D eigenvalue weighted by Gasteiger charge is 2.19. The van der Waals surface area contributed by atoms with Crippen molar-refractivity contribution in [2.45, 2.75) is 60.3 Å². The Labute approximate surface area is 125 Å². The highest BCUT2D eigenvalue weighted by atomic mass is 16.5. The molecule has 0 spiro atoms. The first-order valence-corrected chi connectivity index (χ1v) is 8.14. The van der Waals surface area contributed by atoms with Crippen LogP contribution in [0.25, 0.3) is 0 Å². The molecule has 0 N–H and O–H groups in total. The van der Waals surface area contributed by atoms with Crippen LogP contribution in [-0.2, 0) is 9.53 Å². The number of quaternary nitrogens is 1. The van der Waals surface area contributed by atoms with Crippen molar-refractivity contribution in [3.05, 3.63) is 0 Å². The molecular weight excluding hydrogens is 254 g/mol. The Balaban J connectivity index is 0. The standard InChI is InChI=1S/C10H24NO.C6H12O2/c1-5-11(6-2,7-3)9-10-12-8-4;1-2-3-4-5-6(7)8/h5-10H2,1-4H3;2-5H2,1H3,(H,7,8)/q+1;/p-1. The third-order valence-electron chi connectivity index (χ3n) is 3.91. The largest absolute Gasteiger partial charge is 0.550 e. The Morgan fingerprint density at radius 1 is 1.00 bits per heavy atom. The number of carbonyl (C=O) groups is 1. The summed E-state index contributed by atoms with van der Waals surface area (Å²) in [5.74, 6) is -0.932. The van der Waals surface area contributed by atoms with Crippen LogP contribution < -0.4 is 5.11 Å². The molecule has 0 aliphatic heterocycles. The summed E-state index contributed by atoms with van der Waals surface area (Å²) in [5.41, 5.74) is 0. The second-order valence-corrected chi connectivity index (χ2v) is 5.04. The summed E-state index contributed by atoms with van der Waals surface area (Å²) in [6.07, 6.45) is 3.04. The second kappa shape index (κ2) is 14.8. The summed E-state index contributed by atoms with van der Waals surface area (Å²) in [4.78, 5) is 9.76. The molecule has 0 atom stereocenters. The van der Waals surface area contributed by atoms with Gasteiger partial charge in [-0.1, -0.05) is 19.8 Å². The Bertz CT molecular complexity index is 208. The summed E-state index contributed by atoms with van der Waals surface area (Å²) in [5, 5.41) is 9.76. The zero-order chi connectivity index (χ0) is 15.9. The van der Waals surface area contributed by atoms with Crippen LogP contribution in [0.5, 0.6) is 0 Å². The third kappa shape index (κ3) is 12.4. The summed E-state index contributed by atoms with van der Waals surface area (Å²) in [6, 6.07) is 0. The molecule has 0 aromatic rings. The van der Waals surface area contributed by atoms with Crippen molar-refractivity contribution in [2.24, 2.45) is 0 Å². The number of carboxylic acid groups (broad SMARTS) is 1. The van der Waals surface area contributed by atoms with Gasteiger partial charge in [0.25, 0.3) is 0 Å². The number of unbranched alkanes of at least 4 members (excludes halogenated alkanes) is 2. The summed E-state index contributed by atoms with van der Waals surface area (Å²) in [6.45, 7) is 17.5. The van der Waals surface area contributed by atoms with Gasteiger partial charge in [0, 0.05) is 12.6 Å². The maximum Gasteiger partial charge on any atom is 0.102 e. The minimum Gasteiger partial charge on any atom is -0.550 e. The van der Waals surface area contributed by atoms with Crippen LogP contribution in [0.15, 0.2) is 0 Å². The number of carboxylic acids is 1. The highest BCUT2D eigenvalue weighted by Crippen LogP contribution is 2.04. The quantitative estimate of drug-likeness (QED) is 0.433. The summed E-state index contributed by atoms with van der Waals surface area (Å²) in [7, 11) is 0. The minimum absolute atomic E-state index is 0.216. The van der Waals surface area contributed by atoms with Crippen molar-refractivity contribution in [3.63, 3.8) is 0 Å². The molecule has 0 aromatic heterocycles. The number of aliphatic carboxylic acids is 1. The first-order chi connectivity index (χ1) is 9.51. The van der Waals surface area contributed by atoms with Crippen LogP contribution in [0, 0.1) is 0 Å². The van der Waals surface area contributed by atoms with Gasteiger partial charge in [0.1, 0.15) is 6.54 Å². The topological polar surface area (TPSA) is 49.4 Å². The average molecular weight is 289 g/mol. The van der Waals surface area contributed by atoms with E-state index < -0.39 is 5.97 Å². The Hall–Kier alpha value is -0.610. The van der Waals surface area contributed by atoms with E-state index in [4.69, 9.17) is 4.74 Å². The van der Waals surface area contributed by atoms with Gasteiger partial charge in [0.15, 0.2) is 0 Å². The van der Waals surface area contributed by atoms with E-state index >= 15 is 0 Å². The van der Waals surface area contributed by atoms with Crippen LogP contribution in [0.3, 0.4) is 0 Å². The molecule has 0 aliphatic carbocycles. The number of hydrogen-bond acceptors (Lipinski definition) is 3. The van der Waals surface area contributed by atoms with Gasteiger partial charge in [-0.2, -0.15) is 0 Å². The fraction of sp³-hybridized carbons (Fsp3) is 0.938. The van der Waals surface area contributed by atoms with Crippen LogP contribution in [-0.4, -0.2) is 49.8 Å². The lowest BCUT2D eigenvalue weighted by molar-refractivity contribution is -0.923. The number of carbonyl (C=O) groups excluding carboxylic acids is 1.